The van der Waals surface area contributed by atoms with Gasteiger partial charge in [-0.3, -0.25) is 4.90 Å². The van der Waals surface area contributed by atoms with Gasteiger partial charge in [0.15, 0.2) is 0 Å². The first kappa shape index (κ1) is 9.74. The van der Waals surface area contributed by atoms with Gasteiger partial charge in [0.25, 0.3) is 0 Å². The summed E-state index contributed by atoms with van der Waals surface area (Å²) in [5, 5.41) is 6.85. The van der Waals surface area contributed by atoms with E-state index in [2.05, 4.69) is 34.6 Å². The number of allylic oxidation sites excluding steroid dienone is 2. The predicted molar refractivity (Wildman–Crippen MR) is 58.9 cm³/mol. The normalized spacial score (nSPS) is 33.8. The van der Waals surface area contributed by atoms with E-state index < -0.39 is 0 Å². The van der Waals surface area contributed by atoms with Gasteiger partial charge >= 0.3 is 0 Å². The Labute approximate surface area is 85.9 Å². The molecule has 0 bridgehead atoms. The average Bonchev–Trinajstić information content (AvgIpc) is 2.47. The zero-order valence-electron chi connectivity index (χ0n) is 8.79. The van der Waals surface area contributed by atoms with Crippen LogP contribution in [0.2, 0.25) is 0 Å². The van der Waals surface area contributed by atoms with Crippen LogP contribution < -0.4 is 10.6 Å². The Hall–Kier alpha value is -0.800. The fourth-order valence-corrected chi connectivity index (χ4v) is 2.07. The van der Waals surface area contributed by atoms with Crippen LogP contribution in [-0.2, 0) is 0 Å². The van der Waals surface area contributed by atoms with Gasteiger partial charge in [-0.1, -0.05) is 6.08 Å². The molecule has 0 aromatic heterocycles. The van der Waals surface area contributed by atoms with Crippen LogP contribution in [0.25, 0.3) is 0 Å². The molecule has 2 aliphatic rings. The summed E-state index contributed by atoms with van der Waals surface area (Å²) >= 11 is 0. The number of dihydropyridines is 1. The first-order chi connectivity index (χ1) is 6.81. The van der Waals surface area contributed by atoms with Crippen LogP contribution >= 0.6 is 0 Å². The van der Waals surface area contributed by atoms with Gasteiger partial charge < -0.3 is 10.6 Å². The molecule has 0 aromatic rings. The highest BCUT2D eigenvalue weighted by atomic mass is 15.3. The topological polar surface area (TPSA) is 27.3 Å². The minimum atomic E-state index is 0.0147. The van der Waals surface area contributed by atoms with E-state index in [0.717, 1.165) is 26.2 Å². The maximum absolute atomic E-state index is 3.42. The highest BCUT2D eigenvalue weighted by Gasteiger charge is 2.28. The Balaban J connectivity index is 2.04. The van der Waals surface area contributed by atoms with Gasteiger partial charge in [-0.05, 0) is 38.2 Å². The van der Waals surface area contributed by atoms with Gasteiger partial charge in [0.05, 0.1) is 0 Å². The summed E-state index contributed by atoms with van der Waals surface area (Å²) in [6.07, 6.45) is 9.65. The van der Waals surface area contributed by atoms with Crippen molar-refractivity contribution < 1.29 is 0 Å². The summed E-state index contributed by atoms with van der Waals surface area (Å²) in [7, 11) is 0. The highest BCUT2D eigenvalue weighted by molar-refractivity contribution is 5.17. The quantitative estimate of drug-likeness (QED) is 0.641. The number of rotatable bonds is 1. The summed E-state index contributed by atoms with van der Waals surface area (Å²) in [6, 6.07) is 0. The van der Waals surface area contributed by atoms with E-state index in [9.17, 15) is 0 Å². The van der Waals surface area contributed by atoms with Crippen LogP contribution in [0.3, 0.4) is 0 Å². The Bertz CT molecular complexity index is 239. The molecule has 1 saturated heterocycles. The first-order valence-corrected chi connectivity index (χ1v) is 5.39. The lowest BCUT2D eigenvalue weighted by molar-refractivity contribution is 0.135. The molecule has 2 N–H and O–H groups in total. The van der Waals surface area contributed by atoms with Crippen molar-refractivity contribution in [1.82, 2.24) is 15.5 Å². The standard InChI is InChI=1S/C11H19N3/c1-11(5-2-3-7-13-11)14-9-4-6-12-8-10-14/h2-3,5,7,12-13H,4,6,8-10H2,1H3. The lowest BCUT2D eigenvalue weighted by atomic mass is 10.1. The third-order valence-electron chi connectivity index (χ3n) is 3.00. The molecule has 0 radical (unpaired) electrons. The summed E-state index contributed by atoms with van der Waals surface area (Å²) in [5.74, 6) is 0. The molecule has 78 valence electrons. The lowest BCUT2D eigenvalue weighted by Gasteiger charge is -2.39. The molecule has 0 saturated carbocycles. The Morgan fingerprint density at radius 3 is 2.93 bits per heavy atom. The van der Waals surface area contributed by atoms with Gasteiger partial charge in [0.2, 0.25) is 0 Å². The van der Waals surface area contributed by atoms with Crippen molar-refractivity contribution in [3.63, 3.8) is 0 Å². The number of nitrogens with one attached hydrogen (secondary N) is 2. The van der Waals surface area contributed by atoms with Crippen molar-refractivity contribution in [3.8, 4) is 0 Å². The van der Waals surface area contributed by atoms with Crippen molar-refractivity contribution in [2.24, 2.45) is 0 Å². The van der Waals surface area contributed by atoms with Crippen LogP contribution in [0, 0.1) is 0 Å². The Morgan fingerprint density at radius 2 is 2.14 bits per heavy atom. The third-order valence-corrected chi connectivity index (χ3v) is 3.00. The molecule has 0 spiro atoms. The van der Waals surface area contributed by atoms with Gasteiger partial charge in [0.1, 0.15) is 5.66 Å². The molecule has 1 atom stereocenters. The second-order valence-corrected chi connectivity index (χ2v) is 4.10. The molecule has 0 amide bonds. The molecule has 0 aromatic carbocycles. The first-order valence-electron chi connectivity index (χ1n) is 5.39. The number of nitrogens with zero attached hydrogens (tertiary/aromatic N) is 1. The van der Waals surface area contributed by atoms with E-state index in [1.54, 1.807) is 0 Å². The zero-order chi connectivity index (χ0) is 9.86. The van der Waals surface area contributed by atoms with Crippen molar-refractivity contribution in [1.29, 1.82) is 0 Å². The van der Waals surface area contributed by atoms with Crippen LogP contribution in [0.1, 0.15) is 13.3 Å². The van der Waals surface area contributed by atoms with Gasteiger partial charge in [-0.2, -0.15) is 0 Å². The van der Waals surface area contributed by atoms with Crippen molar-refractivity contribution in [3.05, 3.63) is 24.4 Å². The van der Waals surface area contributed by atoms with Crippen molar-refractivity contribution in [2.75, 3.05) is 26.2 Å². The summed E-state index contributed by atoms with van der Waals surface area (Å²) in [5.41, 5.74) is 0.0147. The molecule has 2 rings (SSSR count). The molecule has 14 heavy (non-hydrogen) atoms. The fourth-order valence-electron chi connectivity index (χ4n) is 2.07. The van der Waals surface area contributed by atoms with Crippen molar-refractivity contribution in [2.45, 2.75) is 19.0 Å². The largest absolute Gasteiger partial charge is 0.370 e. The second kappa shape index (κ2) is 4.15. The van der Waals surface area contributed by atoms with E-state index in [4.69, 9.17) is 0 Å². The smallest absolute Gasteiger partial charge is 0.107 e. The fraction of sp³-hybridized carbons (Fsp3) is 0.636. The van der Waals surface area contributed by atoms with Crippen LogP contribution in [0.4, 0.5) is 0 Å². The number of hydrogen-bond donors (Lipinski definition) is 2. The average molecular weight is 193 g/mol. The van der Waals surface area contributed by atoms with E-state index in [1.165, 1.54) is 6.42 Å². The second-order valence-electron chi connectivity index (χ2n) is 4.10. The molecule has 1 fully saturated rings. The van der Waals surface area contributed by atoms with Crippen LogP contribution in [0.15, 0.2) is 24.4 Å². The lowest BCUT2D eigenvalue weighted by Crippen LogP contribution is -2.55. The molecule has 0 aliphatic carbocycles. The van der Waals surface area contributed by atoms with Crippen LogP contribution in [0.5, 0.6) is 0 Å². The Kier molecular flexibility index (Phi) is 2.89. The summed E-state index contributed by atoms with van der Waals surface area (Å²) in [4.78, 5) is 2.49. The zero-order valence-corrected chi connectivity index (χ0v) is 8.79. The SMILES string of the molecule is CC1(N2CCCNCC2)C=CC=CN1. The molecular formula is C11H19N3. The maximum Gasteiger partial charge on any atom is 0.107 e. The molecule has 3 heteroatoms. The van der Waals surface area contributed by atoms with Gasteiger partial charge in [0, 0.05) is 19.6 Å². The van der Waals surface area contributed by atoms with E-state index in [-0.39, 0.29) is 5.66 Å². The molecule has 3 nitrogen and oxygen atoms in total. The molecule has 2 aliphatic heterocycles. The van der Waals surface area contributed by atoms with Gasteiger partial charge in [-0.15, -0.1) is 0 Å². The van der Waals surface area contributed by atoms with E-state index in [1.807, 2.05) is 12.3 Å². The van der Waals surface area contributed by atoms with E-state index in [0.29, 0.717) is 0 Å². The molecular weight excluding hydrogens is 174 g/mol. The summed E-state index contributed by atoms with van der Waals surface area (Å²) < 4.78 is 0. The predicted octanol–water partition coefficient (Wildman–Crippen LogP) is 0.671. The third kappa shape index (κ3) is 1.99. The molecule has 2 heterocycles. The van der Waals surface area contributed by atoms with Crippen molar-refractivity contribution >= 4 is 0 Å². The maximum atomic E-state index is 3.42. The monoisotopic (exact) mass is 193 g/mol. The number of hydrogen-bond acceptors (Lipinski definition) is 3. The minimum absolute atomic E-state index is 0.0147. The highest BCUT2D eigenvalue weighted by Crippen LogP contribution is 2.17. The van der Waals surface area contributed by atoms with Gasteiger partial charge in [-0.25, -0.2) is 0 Å². The summed E-state index contributed by atoms with van der Waals surface area (Å²) in [6.45, 7) is 6.75. The van der Waals surface area contributed by atoms with E-state index >= 15 is 0 Å². The Morgan fingerprint density at radius 1 is 1.21 bits per heavy atom. The minimum Gasteiger partial charge on any atom is -0.370 e. The molecule has 1 unspecified atom stereocenters. The van der Waals surface area contributed by atoms with Crippen LogP contribution in [-0.4, -0.2) is 36.7 Å².